The van der Waals surface area contributed by atoms with Crippen LogP contribution in [-0.4, -0.2) is 50.5 Å². The predicted octanol–water partition coefficient (Wildman–Crippen LogP) is 5.10. The molecule has 0 unspecified atom stereocenters. The van der Waals surface area contributed by atoms with Crippen LogP contribution < -0.4 is 9.62 Å². The number of hydrogen-bond donors (Lipinski definition) is 1. The first-order chi connectivity index (χ1) is 16.9. The Kier molecular flexibility index (Phi) is 11.1. The molecule has 198 valence electrons. The molecule has 0 radical (unpaired) electrons. The highest BCUT2D eigenvalue weighted by Gasteiger charge is 2.32. The van der Waals surface area contributed by atoms with E-state index in [1.165, 1.54) is 4.90 Å². The number of sulfonamides is 1. The van der Waals surface area contributed by atoms with Crippen molar-refractivity contribution in [3.8, 4) is 0 Å². The van der Waals surface area contributed by atoms with Crippen molar-refractivity contribution in [3.05, 3.63) is 63.1 Å². The Morgan fingerprint density at radius 1 is 1.03 bits per heavy atom. The molecule has 7 nitrogen and oxygen atoms in total. The lowest BCUT2D eigenvalue weighted by Gasteiger charge is -2.33. The summed E-state index contributed by atoms with van der Waals surface area (Å²) >= 11 is 12.4. The van der Waals surface area contributed by atoms with E-state index < -0.39 is 28.5 Å². The largest absolute Gasteiger partial charge is 0.354 e. The van der Waals surface area contributed by atoms with Crippen LogP contribution in [0, 0.1) is 13.8 Å². The van der Waals surface area contributed by atoms with Crippen LogP contribution in [0.5, 0.6) is 0 Å². The van der Waals surface area contributed by atoms with E-state index in [4.69, 9.17) is 23.2 Å². The van der Waals surface area contributed by atoms with Gasteiger partial charge in [-0.3, -0.25) is 13.9 Å². The lowest BCUT2D eigenvalue weighted by molar-refractivity contribution is -0.140. The van der Waals surface area contributed by atoms with Gasteiger partial charge in [-0.25, -0.2) is 8.42 Å². The number of aryl methyl sites for hydroxylation is 2. The lowest BCUT2D eigenvalue weighted by Crippen LogP contribution is -2.52. The highest BCUT2D eigenvalue weighted by atomic mass is 35.5. The van der Waals surface area contributed by atoms with Crippen LogP contribution >= 0.6 is 23.2 Å². The molecule has 0 aliphatic rings. The molecule has 2 amide bonds. The minimum Gasteiger partial charge on any atom is -0.354 e. The molecule has 0 heterocycles. The van der Waals surface area contributed by atoms with Crippen LogP contribution in [-0.2, 0) is 26.2 Å². The second-order valence-corrected chi connectivity index (χ2v) is 11.7. The standard InChI is InChI=1S/C26H35Cl2N3O4S/c1-6-8-11-29-26(33)24(7-2)30(16-20-9-10-21(27)15-23(20)28)25(32)17-31(36(5,34)35)22-13-18(3)12-19(4)14-22/h9-10,12-15,24H,6-8,11,16-17H2,1-5H3,(H,29,33)/t24-/m0/s1. The zero-order valence-corrected chi connectivity index (χ0v) is 23.8. The monoisotopic (exact) mass is 555 g/mol. The highest BCUT2D eigenvalue weighted by molar-refractivity contribution is 7.92. The van der Waals surface area contributed by atoms with Crippen molar-refractivity contribution in [3.63, 3.8) is 0 Å². The van der Waals surface area contributed by atoms with Gasteiger partial charge in [0.2, 0.25) is 21.8 Å². The molecular formula is C26H35Cl2N3O4S. The molecule has 0 saturated heterocycles. The maximum atomic E-state index is 13.7. The van der Waals surface area contributed by atoms with Crippen molar-refractivity contribution >= 4 is 50.7 Å². The summed E-state index contributed by atoms with van der Waals surface area (Å²) in [6.45, 7) is 7.63. The Morgan fingerprint density at radius 2 is 1.67 bits per heavy atom. The SMILES string of the molecule is CCCCNC(=O)[C@H](CC)N(Cc1ccc(Cl)cc1Cl)C(=O)CN(c1cc(C)cc(C)c1)S(C)(=O)=O. The molecule has 0 fully saturated rings. The number of benzene rings is 2. The number of hydrogen-bond acceptors (Lipinski definition) is 4. The van der Waals surface area contributed by atoms with Gasteiger partial charge in [-0.2, -0.15) is 0 Å². The van der Waals surface area contributed by atoms with Gasteiger partial charge < -0.3 is 10.2 Å². The van der Waals surface area contributed by atoms with E-state index in [1.807, 2.05) is 33.8 Å². The van der Waals surface area contributed by atoms with E-state index in [2.05, 4.69) is 5.32 Å². The quantitative estimate of drug-likeness (QED) is 0.369. The molecule has 36 heavy (non-hydrogen) atoms. The normalized spacial score (nSPS) is 12.2. The molecule has 0 saturated carbocycles. The third kappa shape index (κ3) is 8.39. The van der Waals surface area contributed by atoms with Gasteiger partial charge in [0.15, 0.2) is 0 Å². The molecule has 1 atom stereocenters. The van der Waals surface area contributed by atoms with E-state index >= 15 is 0 Å². The van der Waals surface area contributed by atoms with E-state index in [0.29, 0.717) is 34.3 Å². The second-order valence-electron chi connectivity index (χ2n) is 8.94. The third-order valence-corrected chi connectivity index (χ3v) is 7.47. The molecule has 0 aromatic heterocycles. The van der Waals surface area contributed by atoms with Crippen molar-refractivity contribution in [1.82, 2.24) is 10.2 Å². The molecule has 2 aromatic carbocycles. The van der Waals surface area contributed by atoms with Crippen LogP contribution in [0.4, 0.5) is 5.69 Å². The van der Waals surface area contributed by atoms with Gasteiger partial charge in [0, 0.05) is 23.1 Å². The fraction of sp³-hybridized carbons (Fsp3) is 0.462. The molecule has 0 bridgehead atoms. The molecule has 2 aromatic rings. The number of nitrogens with one attached hydrogen (secondary N) is 1. The van der Waals surface area contributed by atoms with Gasteiger partial charge in [0.05, 0.1) is 11.9 Å². The number of nitrogens with zero attached hydrogens (tertiary/aromatic N) is 2. The maximum Gasteiger partial charge on any atom is 0.244 e. The molecule has 0 aliphatic heterocycles. The van der Waals surface area contributed by atoms with Crippen LogP contribution in [0.15, 0.2) is 36.4 Å². The summed E-state index contributed by atoms with van der Waals surface area (Å²) in [6.07, 6.45) is 3.14. The molecule has 2 rings (SSSR count). The maximum absolute atomic E-state index is 13.7. The van der Waals surface area contributed by atoms with Crippen molar-refractivity contribution in [1.29, 1.82) is 0 Å². The Hall–Kier alpha value is -2.29. The Labute approximate surface area is 224 Å². The van der Waals surface area contributed by atoms with Crippen LogP contribution in [0.3, 0.4) is 0 Å². The number of unbranched alkanes of at least 4 members (excludes halogenated alkanes) is 1. The molecule has 0 aliphatic carbocycles. The van der Waals surface area contributed by atoms with Crippen LogP contribution in [0.2, 0.25) is 10.0 Å². The summed E-state index contributed by atoms with van der Waals surface area (Å²) in [4.78, 5) is 28.2. The van der Waals surface area contributed by atoms with Crippen molar-refractivity contribution in [2.24, 2.45) is 0 Å². The van der Waals surface area contributed by atoms with Gasteiger partial charge in [0.1, 0.15) is 12.6 Å². The minimum atomic E-state index is -3.80. The van der Waals surface area contributed by atoms with Crippen molar-refractivity contribution in [2.45, 2.75) is 59.5 Å². The Bertz CT molecular complexity index is 1170. The predicted molar refractivity (Wildman–Crippen MR) is 147 cm³/mol. The van der Waals surface area contributed by atoms with E-state index in [-0.39, 0.29) is 12.5 Å². The summed E-state index contributed by atoms with van der Waals surface area (Å²) < 4.78 is 26.6. The van der Waals surface area contributed by atoms with E-state index in [9.17, 15) is 18.0 Å². The van der Waals surface area contributed by atoms with Crippen molar-refractivity contribution < 1.29 is 18.0 Å². The summed E-state index contributed by atoms with van der Waals surface area (Å²) in [5.74, 6) is -0.801. The zero-order valence-electron chi connectivity index (χ0n) is 21.5. The lowest BCUT2D eigenvalue weighted by atomic mass is 10.1. The summed E-state index contributed by atoms with van der Waals surface area (Å²) in [5, 5.41) is 3.70. The smallest absolute Gasteiger partial charge is 0.244 e. The van der Waals surface area contributed by atoms with Crippen molar-refractivity contribution in [2.75, 3.05) is 23.7 Å². The number of anilines is 1. The number of halogens is 2. The first-order valence-electron chi connectivity index (χ1n) is 11.9. The number of rotatable bonds is 12. The van der Waals surface area contributed by atoms with E-state index in [0.717, 1.165) is 34.5 Å². The first kappa shape index (κ1) is 29.9. The van der Waals surface area contributed by atoms with Gasteiger partial charge in [-0.15, -0.1) is 0 Å². The Morgan fingerprint density at radius 3 is 2.19 bits per heavy atom. The summed E-state index contributed by atoms with van der Waals surface area (Å²) in [6, 6.07) is 9.49. The summed E-state index contributed by atoms with van der Waals surface area (Å²) in [5.41, 5.74) is 2.75. The van der Waals surface area contributed by atoms with Gasteiger partial charge >= 0.3 is 0 Å². The zero-order chi connectivity index (χ0) is 27.0. The fourth-order valence-corrected chi connectivity index (χ4v) is 5.27. The molecule has 0 spiro atoms. The topological polar surface area (TPSA) is 86.8 Å². The molecule has 10 heteroatoms. The average molecular weight is 557 g/mol. The fourth-order valence-electron chi connectivity index (χ4n) is 3.97. The van der Waals surface area contributed by atoms with Crippen LogP contribution in [0.1, 0.15) is 49.8 Å². The van der Waals surface area contributed by atoms with Gasteiger partial charge in [-0.1, -0.05) is 55.6 Å². The number of amides is 2. The number of carbonyl (C=O) groups is 2. The van der Waals surface area contributed by atoms with Gasteiger partial charge in [-0.05, 0) is 67.6 Å². The average Bonchev–Trinajstić information content (AvgIpc) is 2.77. The second kappa shape index (κ2) is 13.3. The van der Waals surface area contributed by atoms with E-state index in [1.54, 1.807) is 30.3 Å². The third-order valence-electron chi connectivity index (χ3n) is 5.74. The van der Waals surface area contributed by atoms with Gasteiger partial charge in [0.25, 0.3) is 0 Å². The number of carbonyl (C=O) groups excluding carboxylic acids is 2. The molecule has 1 N–H and O–H groups in total. The first-order valence-corrected chi connectivity index (χ1v) is 14.5. The highest BCUT2D eigenvalue weighted by Crippen LogP contribution is 2.25. The molecular weight excluding hydrogens is 521 g/mol. The Balaban J connectivity index is 2.47. The van der Waals surface area contributed by atoms with Crippen LogP contribution in [0.25, 0.3) is 0 Å². The minimum absolute atomic E-state index is 0.0268. The summed E-state index contributed by atoms with van der Waals surface area (Å²) in [7, 11) is -3.80.